The van der Waals surface area contributed by atoms with Crippen molar-refractivity contribution >= 4 is 11.3 Å². The van der Waals surface area contributed by atoms with E-state index in [1.54, 1.807) is 31.0 Å². The molecular weight excluding hydrogens is 320 g/mol. The molecule has 24 heavy (non-hydrogen) atoms. The second kappa shape index (κ2) is 7.51. The lowest BCUT2D eigenvalue weighted by Gasteiger charge is -2.23. The zero-order chi connectivity index (χ0) is 16.9. The molecule has 0 amide bonds. The van der Waals surface area contributed by atoms with Crippen LogP contribution in [0.5, 0.6) is 5.75 Å². The molecule has 0 fully saturated rings. The summed E-state index contributed by atoms with van der Waals surface area (Å²) in [6.07, 6.45) is 5.31. The van der Waals surface area contributed by atoms with Gasteiger partial charge in [0.25, 0.3) is 0 Å². The first kappa shape index (κ1) is 16.5. The number of para-hydroxylation sites is 1. The van der Waals surface area contributed by atoms with Gasteiger partial charge in [0.2, 0.25) is 0 Å². The lowest BCUT2D eigenvalue weighted by molar-refractivity contribution is 0.250. The molecule has 2 heterocycles. The van der Waals surface area contributed by atoms with E-state index in [0.717, 1.165) is 28.6 Å². The van der Waals surface area contributed by atoms with E-state index in [4.69, 9.17) is 4.74 Å². The number of benzene rings is 1. The summed E-state index contributed by atoms with van der Waals surface area (Å²) < 4.78 is 5.43. The van der Waals surface area contributed by atoms with Crippen molar-refractivity contribution in [2.24, 2.45) is 0 Å². The Morgan fingerprint density at radius 1 is 1.21 bits per heavy atom. The molecule has 124 valence electrons. The molecule has 0 saturated heterocycles. The average molecular weight is 340 g/mol. The molecule has 0 aliphatic carbocycles. The van der Waals surface area contributed by atoms with Crippen LogP contribution in [-0.2, 0) is 6.54 Å². The summed E-state index contributed by atoms with van der Waals surface area (Å²) in [4.78, 5) is 16.3. The van der Waals surface area contributed by atoms with Gasteiger partial charge in [-0.05, 0) is 32.2 Å². The lowest BCUT2D eigenvalue weighted by atomic mass is 10.2. The SMILES string of the molecule is COc1ccccc1-c1ncc(CN(C)C(C)c2ccncn2)s1. The van der Waals surface area contributed by atoms with Crippen LogP contribution in [0.4, 0.5) is 0 Å². The Hall–Kier alpha value is -2.31. The fourth-order valence-corrected chi connectivity index (χ4v) is 3.49. The highest BCUT2D eigenvalue weighted by molar-refractivity contribution is 7.15. The van der Waals surface area contributed by atoms with Crippen LogP contribution in [0, 0.1) is 0 Å². The normalized spacial score (nSPS) is 12.3. The highest BCUT2D eigenvalue weighted by atomic mass is 32.1. The van der Waals surface area contributed by atoms with Crippen molar-refractivity contribution in [1.29, 1.82) is 0 Å². The molecule has 0 aliphatic rings. The van der Waals surface area contributed by atoms with Gasteiger partial charge in [-0.1, -0.05) is 12.1 Å². The van der Waals surface area contributed by atoms with Gasteiger partial charge in [0.05, 0.1) is 18.4 Å². The summed E-state index contributed by atoms with van der Waals surface area (Å²) >= 11 is 1.69. The van der Waals surface area contributed by atoms with Crippen molar-refractivity contribution in [2.75, 3.05) is 14.2 Å². The van der Waals surface area contributed by atoms with Crippen LogP contribution in [0.3, 0.4) is 0 Å². The number of nitrogens with zero attached hydrogens (tertiary/aromatic N) is 4. The van der Waals surface area contributed by atoms with Gasteiger partial charge in [0.1, 0.15) is 17.1 Å². The molecule has 0 N–H and O–H groups in total. The van der Waals surface area contributed by atoms with Crippen LogP contribution in [0.15, 0.2) is 49.1 Å². The van der Waals surface area contributed by atoms with E-state index >= 15 is 0 Å². The Morgan fingerprint density at radius 3 is 2.79 bits per heavy atom. The second-order valence-electron chi connectivity index (χ2n) is 5.56. The van der Waals surface area contributed by atoms with Gasteiger partial charge in [-0.2, -0.15) is 0 Å². The van der Waals surface area contributed by atoms with Gasteiger partial charge < -0.3 is 4.74 Å². The lowest BCUT2D eigenvalue weighted by Crippen LogP contribution is -2.22. The number of ether oxygens (including phenoxy) is 1. The van der Waals surface area contributed by atoms with Gasteiger partial charge in [0.15, 0.2) is 0 Å². The summed E-state index contributed by atoms with van der Waals surface area (Å²) in [5, 5.41) is 0.977. The van der Waals surface area contributed by atoms with Crippen molar-refractivity contribution in [3.63, 3.8) is 0 Å². The number of aromatic nitrogens is 3. The van der Waals surface area contributed by atoms with Gasteiger partial charge in [-0.25, -0.2) is 15.0 Å². The van der Waals surface area contributed by atoms with E-state index in [2.05, 4.69) is 33.8 Å². The standard InChI is InChI=1S/C18H20N4OS/c1-13(16-8-9-19-12-21-16)22(2)11-14-10-20-18(24-14)15-6-4-5-7-17(15)23-3/h4-10,12-13H,11H2,1-3H3. The van der Waals surface area contributed by atoms with E-state index in [9.17, 15) is 0 Å². The van der Waals surface area contributed by atoms with Crippen molar-refractivity contribution in [1.82, 2.24) is 19.9 Å². The summed E-state index contributed by atoms with van der Waals surface area (Å²) in [6, 6.07) is 10.1. The van der Waals surface area contributed by atoms with Crippen molar-refractivity contribution < 1.29 is 4.74 Å². The highest BCUT2D eigenvalue weighted by Gasteiger charge is 2.15. The largest absolute Gasteiger partial charge is 0.496 e. The topological polar surface area (TPSA) is 51.1 Å². The average Bonchev–Trinajstić information content (AvgIpc) is 3.10. The Balaban J connectivity index is 1.74. The first-order valence-electron chi connectivity index (χ1n) is 7.73. The van der Waals surface area contributed by atoms with Crippen LogP contribution in [0.1, 0.15) is 23.5 Å². The third-order valence-electron chi connectivity index (χ3n) is 3.99. The Kier molecular flexibility index (Phi) is 5.17. The zero-order valence-electron chi connectivity index (χ0n) is 14.0. The first-order valence-corrected chi connectivity index (χ1v) is 8.55. The Labute approximate surface area is 146 Å². The molecule has 2 aromatic heterocycles. The van der Waals surface area contributed by atoms with Crippen LogP contribution >= 0.6 is 11.3 Å². The molecule has 0 saturated carbocycles. The Morgan fingerprint density at radius 2 is 2.04 bits per heavy atom. The van der Waals surface area contributed by atoms with E-state index in [-0.39, 0.29) is 6.04 Å². The maximum atomic E-state index is 5.43. The van der Waals surface area contributed by atoms with Crippen molar-refractivity contribution in [3.05, 3.63) is 59.6 Å². The fourth-order valence-electron chi connectivity index (χ4n) is 2.48. The molecule has 6 heteroatoms. The number of rotatable bonds is 6. The van der Waals surface area contributed by atoms with Gasteiger partial charge >= 0.3 is 0 Å². The number of thiazole rings is 1. The molecule has 5 nitrogen and oxygen atoms in total. The molecule has 1 aromatic carbocycles. The van der Waals surface area contributed by atoms with Crippen LogP contribution in [-0.4, -0.2) is 34.0 Å². The van der Waals surface area contributed by atoms with E-state index < -0.39 is 0 Å². The predicted octanol–water partition coefficient (Wildman–Crippen LogP) is 3.80. The molecule has 3 aromatic rings. The Bertz CT molecular complexity index is 790. The number of hydrogen-bond acceptors (Lipinski definition) is 6. The van der Waals surface area contributed by atoms with Crippen LogP contribution in [0.2, 0.25) is 0 Å². The fraction of sp³-hybridized carbons (Fsp3) is 0.278. The highest BCUT2D eigenvalue weighted by Crippen LogP contribution is 2.33. The van der Waals surface area contributed by atoms with Crippen LogP contribution in [0.25, 0.3) is 10.6 Å². The summed E-state index contributed by atoms with van der Waals surface area (Å²) in [5.74, 6) is 0.848. The monoisotopic (exact) mass is 340 g/mol. The second-order valence-corrected chi connectivity index (χ2v) is 6.67. The molecule has 3 rings (SSSR count). The molecule has 0 bridgehead atoms. The molecule has 0 spiro atoms. The van der Waals surface area contributed by atoms with Gasteiger partial charge in [-0.15, -0.1) is 11.3 Å². The molecule has 0 aliphatic heterocycles. The predicted molar refractivity (Wildman–Crippen MR) is 96.0 cm³/mol. The quantitative estimate of drug-likeness (QED) is 0.683. The maximum Gasteiger partial charge on any atom is 0.129 e. The molecule has 1 unspecified atom stereocenters. The summed E-state index contributed by atoms with van der Waals surface area (Å²) in [6.45, 7) is 2.96. The third kappa shape index (κ3) is 3.60. The maximum absolute atomic E-state index is 5.43. The van der Waals surface area contributed by atoms with E-state index in [1.807, 2.05) is 36.5 Å². The van der Waals surface area contributed by atoms with E-state index in [1.165, 1.54) is 4.88 Å². The zero-order valence-corrected chi connectivity index (χ0v) is 14.8. The third-order valence-corrected chi connectivity index (χ3v) is 5.01. The smallest absolute Gasteiger partial charge is 0.129 e. The van der Waals surface area contributed by atoms with Gasteiger partial charge in [0, 0.05) is 29.9 Å². The minimum Gasteiger partial charge on any atom is -0.496 e. The molecule has 0 radical (unpaired) electrons. The number of hydrogen-bond donors (Lipinski definition) is 0. The number of methoxy groups -OCH3 is 1. The molecular formula is C18H20N4OS. The molecule has 1 atom stereocenters. The van der Waals surface area contributed by atoms with Gasteiger partial charge in [-0.3, -0.25) is 4.90 Å². The minimum atomic E-state index is 0.213. The minimum absolute atomic E-state index is 0.213. The van der Waals surface area contributed by atoms with Crippen molar-refractivity contribution in [3.8, 4) is 16.3 Å². The van der Waals surface area contributed by atoms with Crippen LogP contribution < -0.4 is 4.74 Å². The first-order chi connectivity index (χ1) is 11.7. The van der Waals surface area contributed by atoms with Crippen molar-refractivity contribution in [2.45, 2.75) is 19.5 Å². The van der Waals surface area contributed by atoms with E-state index in [0.29, 0.717) is 0 Å². The summed E-state index contributed by atoms with van der Waals surface area (Å²) in [5.41, 5.74) is 2.05. The summed E-state index contributed by atoms with van der Waals surface area (Å²) in [7, 11) is 3.78.